The standard InChI is InChI=1S/C13H20F3NOS/c1-2-3-4-5-6-7-8-10(18)11-9-17-12(19-11)13(14,15)16/h9-10,18H,2-8H2,1H3. The lowest BCUT2D eigenvalue weighted by Gasteiger charge is -2.07. The summed E-state index contributed by atoms with van der Waals surface area (Å²) in [5, 5.41) is 8.92. The molecular formula is C13H20F3NOS. The van der Waals surface area contributed by atoms with Gasteiger partial charge in [-0.25, -0.2) is 4.98 Å². The molecule has 0 aliphatic rings. The molecule has 0 aromatic carbocycles. The van der Waals surface area contributed by atoms with Gasteiger partial charge in [0, 0.05) is 6.20 Å². The summed E-state index contributed by atoms with van der Waals surface area (Å²) in [4.78, 5) is 3.62. The molecule has 0 amide bonds. The monoisotopic (exact) mass is 295 g/mol. The van der Waals surface area contributed by atoms with Gasteiger partial charge < -0.3 is 5.11 Å². The highest BCUT2D eigenvalue weighted by Gasteiger charge is 2.35. The fourth-order valence-electron chi connectivity index (χ4n) is 1.83. The molecule has 110 valence electrons. The van der Waals surface area contributed by atoms with Crippen LogP contribution in [0.4, 0.5) is 13.2 Å². The minimum absolute atomic E-state index is 0.306. The van der Waals surface area contributed by atoms with Crippen LogP contribution in [0.25, 0.3) is 0 Å². The summed E-state index contributed by atoms with van der Waals surface area (Å²) in [5.41, 5.74) is 0. The SMILES string of the molecule is CCCCCCCCC(O)c1cnc(C(F)(F)F)s1. The molecule has 0 saturated carbocycles. The zero-order valence-corrected chi connectivity index (χ0v) is 11.9. The lowest BCUT2D eigenvalue weighted by atomic mass is 10.1. The van der Waals surface area contributed by atoms with Gasteiger partial charge in [0.05, 0.1) is 11.0 Å². The first kappa shape index (κ1) is 16.4. The zero-order valence-electron chi connectivity index (χ0n) is 11.0. The van der Waals surface area contributed by atoms with Crippen LogP contribution in [0, 0.1) is 0 Å². The molecule has 1 aromatic heterocycles. The average Bonchev–Trinajstić information content (AvgIpc) is 2.82. The third kappa shape index (κ3) is 5.91. The Bertz CT molecular complexity index is 365. The first-order valence-electron chi connectivity index (χ1n) is 6.66. The predicted molar refractivity (Wildman–Crippen MR) is 70.1 cm³/mol. The third-order valence-corrected chi connectivity index (χ3v) is 4.07. The Hall–Kier alpha value is -0.620. The normalized spacial score (nSPS) is 13.7. The molecule has 0 aliphatic heterocycles. The van der Waals surface area contributed by atoms with Gasteiger partial charge in [0.15, 0.2) is 5.01 Å². The molecule has 0 fully saturated rings. The second-order valence-corrected chi connectivity index (χ2v) is 5.70. The number of nitrogens with zero attached hydrogens (tertiary/aromatic N) is 1. The van der Waals surface area contributed by atoms with Gasteiger partial charge in [0.1, 0.15) is 0 Å². The second kappa shape index (κ2) is 7.85. The molecule has 6 heteroatoms. The number of halogens is 3. The molecule has 2 nitrogen and oxygen atoms in total. The highest BCUT2D eigenvalue weighted by atomic mass is 32.1. The number of aliphatic hydroxyl groups is 1. The van der Waals surface area contributed by atoms with E-state index in [1.165, 1.54) is 19.3 Å². The summed E-state index contributed by atoms with van der Waals surface area (Å²) in [5.74, 6) is 0. The van der Waals surface area contributed by atoms with Crippen LogP contribution >= 0.6 is 11.3 Å². The van der Waals surface area contributed by atoms with E-state index >= 15 is 0 Å². The number of aromatic nitrogens is 1. The first-order chi connectivity index (χ1) is 8.95. The van der Waals surface area contributed by atoms with Crippen LogP contribution < -0.4 is 0 Å². The van der Waals surface area contributed by atoms with Crippen LogP contribution in [0.3, 0.4) is 0 Å². The highest BCUT2D eigenvalue weighted by molar-refractivity contribution is 7.11. The Morgan fingerprint density at radius 3 is 2.42 bits per heavy atom. The number of alkyl halides is 3. The van der Waals surface area contributed by atoms with Crippen molar-refractivity contribution in [2.75, 3.05) is 0 Å². The zero-order chi connectivity index (χ0) is 14.3. The Morgan fingerprint density at radius 2 is 1.84 bits per heavy atom. The van der Waals surface area contributed by atoms with Crippen molar-refractivity contribution >= 4 is 11.3 Å². The smallest absolute Gasteiger partial charge is 0.388 e. The average molecular weight is 295 g/mol. The second-order valence-electron chi connectivity index (χ2n) is 4.64. The van der Waals surface area contributed by atoms with E-state index in [-0.39, 0.29) is 0 Å². The van der Waals surface area contributed by atoms with E-state index < -0.39 is 17.3 Å². The van der Waals surface area contributed by atoms with Gasteiger partial charge in [0.25, 0.3) is 0 Å². The molecule has 1 rings (SSSR count). The van der Waals surface area contributed by atoms with Gasteiger partial charge in [0.2, 0.25) is 0 Å². The number of hydrogen-bond acceptors (Lipinski definition) is 3. The lowest BCUT2D eigenvalue weighted by molar-refractivity contribution is -0.137. The third-order valence-electron chi connectivity index (χ3n) is 2.93. The van der Waals surface area contributed by atoms with E-state index in [9.17, 15) is 18.3 Å². The van der Waals surface area contributed by atoms with Crippen LogP contribution in [0.1, 0.15) is 67.9 Å². The number of aliphatic hydroxyl groups excluding tert-OH is 1. The van der Waals surface area contributed by atoms with Crippen LogP contribution in [0.2, 0.25) is 0 Å². The van der Waals surface area contributed by atoms with E-state index in [0.717, 1.165) is 25.5 Å². The van der Waals surface area contributed by atoms with Crippen LogP contribution in [0.15, 0.2) is 6.20 Å². The predicted octanol–water partition coefficient (Wildman–Crippen LogP) is 4.95. The number of unbranched alkanes of at least 4 members (excludes halogenated alkanes) is 5. The highest BCUT2D eigenvalue weighted by Crippen LogP contribution is 2.35. The van der Waals surface area contributed by atoms with Crippen molar-refractivity contribution in [2.45, 2.75) is 64.1 Å². The maximum absolute atomic E-state index is 12.4. The largest absolute Gasteiger partial charge is 0.443 e. The van der Waals surface area contributed by atoms with Crippen molar-refractivity contribution in [1.29, 1.82) is 0 Å². The Kier molecular flexibility index (Phi) is 6.79. The number of hydrogen-bond donors (Lipinski definition) is 1. The summed E-state index contributed by atoms with van der Waals surface area (Å²) < 4.78 is 37.1. The van der Waals surface area contributed by atoms with Crippen LogP contribution in [-0.4, -0.2) is 10.1 Å². The topological polar surface area (TPSA) is 33.1 Å². The first-order valence-corrected chi connectivity index (χ1v) is 7.47. The lowest BCUT2D eigenvalue weighted by Crippen LogP contribution is -2.03. The molecule has 0 aliphatic carbocycles. The van der Waals surface area contributed by atoms with E-state index in [0.29, 0.717) is 22.6 Å². The molecule has 1 aromatic rings. The van der Waals surface area contributed by atoms with Crippen molar-refractivity contribution < 1.29 is 18.3 Å². The molecular weight excluding hydrogens is 275 g/mol. The molecule has 1 N–H and O–H groups in total. The number of thiazole rings is 1. The quantitative estimate of drug-likeness (QED) is 0.689. The van der Waals surface area contributed by atoms with Gasteiger partial charge in [-0.05, 0) is 6.42 Å². The van der Waals surface area contributed by atoms with Gasteiger partial charge in [-0.3, -0.25) is 0 Å². The van der Waals surface area contributed by atoms with Gasteiger partial charge in [-0.2, -0.15) is 13.2 Å². The van der Waals surface area contributed by atoms with Crippen molar-refractivity contribution in [2.24, 2.45) is 0 Å². The van der Waals surface area contributed by atoms with E-state index in [1.54, 1.807) is 0 Å². The minimum atomic E-state index is -4.41. The van der Waals surface area contributed by atoms with Crippen molar-refractivity contribution in [3.63, 3.8) is 0 Å². The molecule has 0 bridgehead atoms. The van der Waals surface area contributed by atoms with Crippen LogP contribution in [0.5, 0.6) is 0 Å². The summed E-state index contributed by atoms with van der Waals surface area (Å²) in [6, 6.07) is 0. The molecule has 1 heterocycles. The number of rotatable bonds is 8. The van der Waals surface area contributed by atoms with Crippen LogP contribution in [-0.2, 0) is 6.18 Å². The van der Waals surface area contributed by atoms with Crippen molar-refractivity contribution in [3.05, 3.63) is 16.1 Å². The van der Waals surface area contributed by atoms with E-state index in [1.807, 2.05) is 0 Å². The maximum atomic E-state index is 12.4. The fourth-order valence-corrected chi connectivity index (χ4v) is 2.64. The fraction of sp³-hybridized carbons (Fsp3) is 0.769. The summed E-state index contributed by atoms with van der Waals surface area (Å²) >= 11 is 0.534. The molecule has 19 heavy (non-hydrogen) atoms. The van der Waals surface area contributed by atoms with Crippen molar-refractivity contribution in [1.82, 2.24) is 4.98 Å². The maximum Gasteiger partial charge on any atom is 0.443 e. The van der Waals surface area contributed by atoms with Gasteiger partial charge in [-0.1, -0.05) is 45.4 Å². The molecule has 1 unspecified atom stereocenters. The Balaban J connectivity index is 2.29. The summed E-state index contributed by atoms with van der Waals surface area (Å²) in [6.45, 7) is 2.14. The molecule has 0 spiro atoms. The van der Waals surface area contributed by atoms with E-state index in [4.69, 9.17) is 0 Å². The van der Waals surface area contributed by atoms with Gasteiger partial charge >= 0.3 is 6.18 Å². The Morgan fingerprint density at radius 1 is 1.21 bits per heavy atom. The molecule has 1 atom stereocenters. The molecule has 0 radical (unpaired) electrons. The van der Waals surface area contributed by atoms with Gasteiger partial charge in [-0.15, -0.1) is 11.3 Å². The van der Waals surface area contributed by atoms with Crippen molar-refractivity contribution in [3.8, 4) is 0 Å². The summed E-state index contributed by atoms with van der Waals surface area (Å²) in [6.07, 6.45) is 2.97. The Labute approximate surface area is 115 Å². The van der Waals surface area contributed by atoms with E-state index in [2.05, 4.69) is 11.9 Å². The minimum Gasteiger partial charge on any atom is -0.388 e. The summed E-state index contributed by atoms with van der Waals surface area (Å²) in [7, 11) is 0. The molecule has 0 saturated heterocycles.